The summed E-state index contributed by atoms with van der Waals surface area (Å²) in [6.07, 6.45) is 0. The van der Waals surface area contributed by atoms with Crippen molar-refractivity contribution < 1.29 is 41.4 Å². The SMILES string of the molecule is O=[N][Ce]([NH]O)[c]1ccccc1. The molecule has 1 aromatic rings. The second-order valence-electron chi connectivity index (χ2n) is 1.92. The van der Waals surface area contributed by atoms with Crippen LogP contribution in [-0.2, 0) is 0 Å². The van der Waals surface area contributed by atoms with Crippen LogP contribution < -0.4 is 2.52 Å². The molecule has 5 heteroatoms. The van der Waals surface area contributed by atoms with Crippen molar-refractivity contribution in [2.45, 2.75) is 0 Å². The number of hydrogen-bond acceptors (Lipinski definition) is 4. The van der Waals surface area contributed by atoms with Crippen LogP contribution in [0.5, 0.6) is 0 Å². The van der Waals surface area contributed by atoms with Gasteiger partial charge in [0.1, 0.15) is 0 Å². The van der Waals surface area contributed by atoms with Crippen molar-refractivity contribution in [2.24, 2.45) is 1.14 Å². The van der Waals surface area contributed by atoms with Crippen molar-refractivity contribution in [1.29, 1.82) is 0 Å². The molecule has 1 rings (SSSR count). The minimum atomic E-state index is -2.87. The molecule has 0 fully saturated rings. The Kier molecular flexibility index (Phi) is 4.09. The zero-order chi connectivity index (χ0) is 8.10. The fourth-order valence-corrected chi connectivity index (χ4v) is 3.19. The second-order valence-corrected chi connectivity index (χ2v) is 7.20. The third kappa shape index (κ3) is 2.57. The number of benzene rings is 1. The fourth-order valence-electron chi connectivity index (χ4n) is 0.734. The average molecular weight is 279 g/mol. The number of hydrogen-bond donors (Lipinski definition) is 2. The Bertz CT molecular complexity index is 229. The van der Waals surface area contributed by atoms with Crippen LogP contribution in [0, 0.1) is 41.1 Å². The molecule has 0 aliphatic rings. The number of nitrogens with one attached hydrogen (secondary N) is 1. The Balaban J connectivity index is 2.82. The molecule has 0 amide bonds. The second kappa shape index (κ2) is 4.89. The normalized spacial score (nSPS) is 9.18. The van der Waals surface area contributed by atoms with Gasteiger partial charge in [-0.25, -0.2) is 0 Å². The minimum absolute atomic E-state index is 0.856. The Labute approximate surface area is 79.5 Å². The zero-order valence-corrected chi connectivity index (χ0v) is 8.83. The molecule has 0 unspecified atom stereocenters. The molecule has 0 atom stereocenters. The summed E-state index contributed by atoms with van der Waals surface area (Å²) < 4.78 is 5.74. The molecular weight excluding hydrogens is 272 g/mol. The van der Waals surface area contributed by atoms with E-state index in [2.05, 4.69) is 1.14 Å². The van der Waals surface area contributed by atoms with Gasteiger partial charge in [0.05, 0.1) is 0 Å². The molecule has 0 spiro atoms. The summed E-state index contributed by atoms with van der Waals surface area (Å²) in [6.45, 7) is 0. The van der Waals surface area contributed by atoms with E-state index in [9.17, 15) is 4.91 Å². The van der Waals surface area contributed by atoms with E-state index in [0.717, 1.165) is 1.08 Å². The molecule has 0 heterocycles. The zero-order valence-electron chi connectivity index (χ0n) is 5.69. The first kappa shape index (κ1) is 9.21. The van der Waals surface area contributed by atoms with Crippen molar-refractivity contribution in [2.75, 3.05) is 0 Å². The fraction of sp³-hybridized carbons (Fsp3) is 0. The van der Waals surface area contributed by atoms with Crippen molar-refractivity contribution in [3.05, 3.63) is 35.2 Å². The van der Waals surface area contributed by atoms with Crippen LogP contribution >= 0.6 is 0 Å². The number of nitrogens with zero attached hydrogens (tertiary/aromatic N) is 1. The molecule has 4 nitrogen and oxygen atoms in total. The van der Waals surface area contributed by atoms with E-state index in [1.807, 2.05) is 19.6 Å². The molecule has 57 valence electrons. The molecular formula is C6H7CeN2O2. The van der Waals surface area contributed by atoms with Gasteiger partial charge in [0.15, 0.2) is 0 Å². The van der Waals surface area contributed by atoms with Gasteiger partial charge in [-0.3, -0.25) is 0 Å². The summed E-state index contributed by atoms with van der Waals surface area (Å²) in [7, 11) is 0. The third-order valence-corrected chi connectivity index (χ3v) is 5.25. The van der Waals surface area contributed by atoms with Gasteiger partial charge in [0, 0.05) is 0 Å². The van der Waals surface area contributed by atoms with Gasteiger partial charge in [-0.1, -0.05) is 0 Å². The van der Waals surface area contributed by atoms with Crippen LogP contribution in [0.1, 0.15) is 0 Å². The van der Waals surface area contributed by atoms with E-state index in [4.69, 9.17) is 5.21 Å². The molecule has 0 aliphatic heterocycles. The molecule has 1 aromatic carbocycles. The van der Waals surface area contributed by atoms with Gasteiger partial charge in [-0.2, -0.15) is 0 Å². The summed E-state index contributed by atoms with van der Waals surface area (Å²) in [6, 6.07) is 9.10. The van der Waals surface area contributed by atoms with E-state index in [-0.39, 0.29) is 0 Å². The molecule has 0 saturated heterocycles. The third-order valence-electron chi connectivity index (χ3n) is 1.24. The maximum absolute atomic E-state index is 10.2. The summed E-state index contributed by atoms with van der Waals surface area (Å²) >= 11 is -2.87. The van der Waals surface area contributed by atoms with Crippen LogP contribution in [-0.4, -0.2) is 5.21 Å². The van der Waals surface area contributed by atoms with Crippen LogP contribution in [0.4, 0.5) is 0 Å². The molecule has 0 aliphatic carbocycles. The molecule has 0 radical (unpaired) electrons. The number of rotatable bonds is 3. The van der Waals surface area contributed by atoms with Crippen LogP contribution in [0.3, 0.4) is 0 Å². The van der Waals surface area contributed by atoms with E-state index in [1.165, 1.54) is 0 Å². The molecule has 11 heavy (non-hydrogen) atoms. The monoisotopic (exact) mass is 279 g/mol. The Morgan fingerprint density at radius 3 is 2.45 bits per heavy atom. The van der Waals surface area contributed by atoms with E-state index < -0.39 is 36.2 Å². The summed E-state index contributed by atoms with van der Waals surface area (Å²) in [5, 5.41) is 8.53. The van der Waals surface area contributed by atoms with E-state index in [0.29, 0.717) is 0 Å². The molecule has 2 N–H and O–H groups in total. The van der Waals surface area contributed by atoms with Crippen molar-refractivity contribution in [1.82, 2.24) is 1.44 Å². The first-order valence-corrected chi connectivity index (χ1v) is 7.58. The van der Waals surface area contributed by atoms with Crippen molar-refractivity contribution >= 4 is 1.08 Å². The predicted molar refractivity (Wildman–Crippen MR) is 36.8 cm³/mol. The van der Waals surface area contributed by atoms with E-state index >= 15 is 0 Å². The van der Waals surface area contributed by atoms with Crippen LogP contribution in [0.25, 0.3) is 0 Å². The van der Waals surface area contributed by atoms with Crippen molar-refractivity contribution in [3.63, 3.8) is 0 Å². The molecule has 0 aromatic heterocycles. The van der Waals surface area contributed by atoms with Crippen LogP contribution in [0.2, 0.25) is 0 Å². The first-order valence-electron chi connectivity index (χ1n) is 3.04. The summed E-state index contributed by atoms with van der Waals surface area (Å²) in [4.78, 5) is 10.2. The number of nitroso groups, excluding NO2 is 1. The van der Waals surface area contributed by atoms with Crippen LogP contribution in [0.15, 0.2) is 31.5 Å². The first-order chi connectivity index (χ1) is 5.38. The molecule has 0 saturated carbocycles. The quantitative estimate of drug-likeness (QED) is 0.626. The Hall–Kier alpha value is 0.117. The van der Waals surface area contributed by atoms with Gasteiger partial charge >= 0.3 is 80.4 Å². The molecule has 0 bridgehead atoms. The summed E-state index contributed by atoms with van der Waals surface area (Å²) in [5.74, 6) is 0. The van der Waals surface area contributed by atoms with E-state index in [1.54, 1.807) is 12.1 Å². The Morgan fingerprint density at radius 1 is 1.36 bits per heavy atom. The van der Waals surface area contributed by atoms with Gasteiger partial charge in [0.2, 0.25) is 0 Å². The van der Waals surface area contributed by atoms with Crippen molar-refractivity contribution in [3.8, 4) is 0 Å². The standard InChI is InChI=1S/C6H5.Ce.H2NO.NO/c1-2-4-6-5-3-1;;2*1-2/h1-5H;;1-2H;/q;+2;2*-1. The van der Waals surface area contributed by atoms with Gasteiger partial charge in [0.25, 0.3) is 0 Å². The van der Waals surface area contributed by atoms with Gasteiger partial charge in [-0.05, 0) is 0 Å². The Morgan fingerprint density at radius 2 is 2.00 bits per heavy atom. The average Bonchev–Trinajstić information content (AvgIpc) is 2.09. The van der Waals surface area contributed by atoms with Gasteiger partial charge in [-0.15, -0.1) is 0 Å². The summed E-state index contributed by atoms with van der Waals surface area (Å²) in [5.41, 5.74) is 0. The maximum atomic E-state index is 10.2. The van der Waals surface area contributed by atoms with Gasteiger partial charge < -0.3 is 0 Å². The predicted octanol–water partition coefficient (Wildman–Crippen LogP) is 0.508. The topological polar surface area (TPSA) is 61.7 Å².